The number of fused-ring (bicyclic) bond motifs is 1. The van der Waals surface area contributed by atoms with E-state index in [0.29, 0.717) is 6.04 Å². The summed E-state index contributed by atoms with van der Waals surface area (Å²) in [5.74, 6) is 0.958. The summed E-state index contributed by atoms with van der Waals surface area (Å²) in [6, 6.07) is 6.45. The van der Waals surface area contributed by atoms with E-state index in [1.807, 2.05) is 18.2 Å². The van der Waals surface area contributed by atoms with Gasteiger partial charge >= 0.3 is 0 Å². The zero-order valence-corrected chi connectivity index (χ0v) is 9.01. The third-order valence-electron chi connectivity index (χ3n) is 2.65. The molecule has 80 valence electrons. The Morgan fingerprint density at radius 2 is 2.00 bits per heavy atom. The van der Waals surface area contributed by atoms with E-state index in [9.17, 15) is 0 Å². The van der Waals surface area contributed by atoms with Crippen molar-refractivity contribution < 1.29 is 0 Å². The summed E-state index contributed by atoms with van der Waals surface area (Å²) in [6.07, 6.45) is 3.41. The first kappa shape index (κ1) is 9.27. The molecule has 4 heteroatoms. The van der Waals surface area contributed by atoms with E-state index < -0.39 is 0 Å². The topological polar surface area (TPSA) is 50.2 Å². The van der Waals surface area contributed by atoms with Gasteiger partial charge in [0.25, 0.3) is 0 Å². The van der Waals surface area contributed by atoms with Gasteiger partial charge in [0.05, 0.1) is 17.6 Å². The van der Waals surface area contributed by atoms with Gasteiger partial charge in [-0.3, -0.25) is 15.0 Å². The highest BCUT2D eigenvalue weighted by molar-refractivity contribution is 6.02. The molecular formula is C12H12N4. The number of amidine groups is 1. The van der Waals surface area contributed by atoms with E-state index in [1.54, 1.807) is 12.4 Å². The molecule has 0 radical (unpaired) electrons. The van der Waals surface area contributed by atoms with Crippen molar-refractivity contribution in [3.05, 3.63) is 36.2 Å². The van der Waals surface area contributed by atoms with Gasteiger partial charge in [-0.1, -0.05) is 0 Å². The number of nitrogens with zero attached hydrogens (tertiary/aromatic N) is 3. The molecule has 2 heterocycles. The van der Waals surface area contributed by atoms with Gasteiger partial charge in [-0.25, -0.2) is 0 Å². The SMILES string of the molecule is CC1CN=C(c2ccc3nccnc3c2)N1. The Hall–Kier alpha value is -1.97. The smallest absolute Gasteiger partial charge is 0.128 e. The van der Waals surface area contributed by atoms with Gasteiger partial charge in [0, 0.05) is 24.0 Å². The minimum absolute atomic E-state index is 0.424. The maximum atomic E-state index is 4.45. The maximum absolute atomic E-state index is 4.45. The van der Waals surface area contributed by atoms with Crippen molar-refractivity contribution in [2.75, 3.05) is 6.54 Å². The third-order valence-corrected chi connectivity index (χ3v) is 2.65. The molecule has 1 unspecified atom stereocenters. The Balaban J connectivity index is 2.05. The number of nitrogens with one attached hydrogen (secondary N) is 1. The Morgan fingerprint density at radius 1 is 1.19 bits per heavy atom. The summed E-state index contributed by atoms with van der Waals surface area (Å²) < 4.78 is 0. The molecule has 1 aliphatic heterocycles. The number of rotatable bonds is 1. The Labute approximate surface area is 93.5 Å². The van der Waals surface area contributed by atoms with Crippen LogP contribution in [0, 0.1) is 0 Å². The Kier molecular flexibility index (Phi) is 2.06. The fraction of sp³-hybridized carbons (Fsp3) is 0.250. The molecule has 2 aromatic rings. The third kappa shape index (κ3) is 1.52. The van der Waals surface area contributed by atoms with Crippen LogP contribution in [-0.4, -0.2) is 28.4 Å². The molecule has 0 amide bonds. The summed E-state index contributed by atoms with van der Waals surface area (Å²) in [7, 11) is 0. The van der Waals surface area contributed by atoms with E-state index in [4.69, 9.17) is 0 Å². The van der Waals surface area contributed by atoms with Crippen LogP contribution in [0.5, 0.6) is 0 Å². The summed E-state index contributed by atoms with van der Waals surface area (Å²) >= 11 is 0. The molecule has 1 aromatic carbocycles. The van der Waals surface area contributed by atoms with Crippen LogP contribution < -0.4 is 5.32 Å². The highest BCUT2D eigenvalue weighted by atomic mass is 15.1. The first-order valence-corrected chi connectivity index (χ1v) is 5.35. The molecule has 1 aliphatic rings. The van der Waals surface area contributed by atoms with Gasteiger partial charge in [-0.15, -0.1) is 0 Å². The minimum Gasteiger partial charge on any atom is -0.366 e. The molecular weight excluding hydrogens is 200 g/mol. The first-order chi connectivity index (χ1) is 7.83. The molecule has 3 rings (SSSR count). The van der Waals surface area contributed by atoms with Crippen LogP contribution in [-0.2, 0) is 0 Å². The predicted molar refractivity (Wildman–Crippen MR) is 63.5 cm³/mol. The molecule has 0 fully saturated rings. The standard InChI is InChI=1S/C12H12N4/c1-8-7-15-12(16-8)9-2-3-10-11(6-9)14-5-4-13-10/h2-6,8H,7H2,1H3,(H,15,16). The largest absolute Gasteiger partial charge is 0.366 e. The second-order valence-corrected chi connectivity index (χ2v) is 3.99. The normalized spacial score (nSPS) is 19.6. The maximum Gasteiger partial charge on any atom is 0.128 e. The zero-order valence-electron chi connectivity index (χ0n) is 9.01. The van der Waals surface area contributed by atoms with Crippen LogP contribution in [0.1, 0.15) is 12.5 Å². The molecule has 1 aromatic heterocycles. The zero-order chi connectivity index (χ0) is 11.0. The van der Waals surface area contributed by atoms with E-state index in [1.165, 1.54) is 0 Å². The predicted octanol–water partition coefficient (Wildman–Crippen LogP) is 1.37. The average Bonchev–Trinajstić information content (AvgIpc) is 2.75. The monoisotopic (exact) mass is 212 g/mol. The number of hydrogen-bond donors (Lipinski definition) is 1. The highest BCUT2D eigenvalue weighted by Gasteiger charge is 2.14. The Morgan fingerprint density at radius 3 is 2.75 bits per heavy atom. The average molecular weight is 212 g/mol. The molecule has 16 heavy (non-hydrogen) atoms. The van der Waals surface area contributed by atoms with Crippen LogP contribution in [0.3, 0.4) is 0 Å². The van der Waals surface area contributed by atoms with Gasteiger partial charge in [0.1, 0.15) is 5.84 Å². The molecule has 0 bridgehead atoms. The second kappa shape index (κ2) is 3.56. The first-order valence-electron chi connectivity index (χ1n) is 5.35. The van der Waals surface area contributed by atoms with Crippen LogP contribution >= 0.6 is 0 Å². The van der Waals surface area contributed by atoms with Crippen LogP contribution in [0.25, 0.3) is 11.0 Å². The minimum atomic E-state index is 0.424. The van der Waals surface area contributed by atoms with Crippen LogP contribution in [0.2, 0.25) is 0 Å². The van der Waals surface area contributed by atoms with E-state index in [0.717, 1.165) is 29.0 Å². The molecule has 0 saturated carbocycles. The number of hydrogen-bond acceptors (Lipinski definition) is 4. The molecule has 0 saturated heterocycles. The number of aliphatic imine (C=N–C) groups is 1. The van der Waals surface area contributed by atoms with Gasteiger partial charge in [-0.2, -0.15) is 0 Å². The lowest BCUT2D eigenvalue weighted by atomic mass is 10.1. The van der Waals surface area contributed by atoms with Crippen molar-refractivity contribution in [2.24, 2.45) is 4.99 Å². The molecule has 0 spiro atoms. The summed E-state index contributed by atoms with van der Waals surface area (Å²) in [6.45, 7) is 2.96. The quantitative estimate of drug-likeness (QED) is 0.776. The fourth-order valence-corrected chi connectivity index (χ4v) is 1.84. The summed E-state index contributed by atoms with van der Waals surface area (Å²) in [5.41, 5.74) is 2.90. The van der Waals surface area contributed by atoms with Crippen molar-refractivity contribution in [1.29, 1.82) is 0 Å². The Bertz CT molecular complexity index is 562. The molecule has 1 N–H and O–H groups in total. The molecule has 1 atom stereocenters. The molecule has 0 aliphatic carbocycles. The van der Waals surface area contributed by atoms with Crippen LogP contribution in [0.15, 0.2) is 35.6 Å². The van der Waals surface area contributed by atoms with E-state index >= 15 is 0 Å². The van der Waals surface area contributed by atoms with Gasteiger partial charge in [0.2, 0.25) is 0 Å². The van der Waals surface area contributed by atoms with E-state index in [-0.39, 0.29) is 0 Å². The summed E-state index contributed by atoms with van der Waals surface area (Å²) in [4.78, 5) is 13.0. The van der Waals surface area contributed by atoms with Crippen molar-refractivity contribution in [2.45, 2.75) is 13.0 Å². The lowest BCUT2D eigenvalue weighted by molar-refractivity contribution is 0.726. The lowest BCUT2D eigenvalue weighted by Gasteiger charge is -2.06. The lowest BCUT2D eigenvalue weighted by Crippen LogP contribution is -2.27. The molecule has 4 nitrogen and oxygen atoms in total. The van der Waals surface area contributed by atoms with Crippen molar-refractivity contribution in [3.8, 4) is 0 Å². The van der Waals surface area contributed by atoms with E-state index in [2.05, 4.69) is 27.2 Å². The van der Waals surface area contributed by atoms with Gasteiger partial charge in [-0.05, 0) is 25.1 Å². The second-order valence-electron chi connectivity index (χ2n) is 3.99. The van der Waals surface area contributed by atoms with Crippen LogP contribution in [0.4, 0.5) is 0 Å². The number of benzene rings is 1. The highest BCUT2D eigenvalue weighted by Crippen LogP contribution is 2.13. The fourth-order valence-electron chi connectivity index (χ4n) is 1.84. The van der Waals surface area contributed by atoms with Crippen molar-refractivity contribution in [3.63, 3.8) is 0 Å². The van der Waals surface area contributed by atoms with Crippen molar-refractivity contribution >= 4 is 16.9 Å². The number of aromatic nitrogens is 2. The van der Waals surface area contributed by atoms with Gasteiger partial charge in [0.15, 0.2) is 0 Å². The van der Waals surface area contributed by atoms with Gasteiger partial charge < -0.3 is 5.32 Å². The summed E-state index contributed by atoms with van der Waals surface area (Å²) in [5, 5.41) is 3.34. The van der Waals surface area contributed by atoms with Crippen molar-refractivity contribution in [1.82, 2.24) is 15.3 Å².